The van der Waals surface area contributed by atoms with Gasteiger partial charge in [0.15, 0.2) is 0 Å². The molecule has 0 radical (unpaired) electrons. The summed E-state index contributed by atoms with van der Waals surface area (Å²) in [5, 5.41) is 9.20. The van der Waals surface area contributed by atoms with E-state index >= 15 is 0 Å². The monoisotopic (exact) mass is 393 g/mol. The zero-order chi connectivity index (χ0) is 19.9. The minimum absolute atomic E-state index is 0.236. The molecular formula is C22H20ClN3O2. The summed E-state index contributed by atoms with van der Waals surface area (Å²) in [4.78, 5) is 22.8. The Kier molecular flexibility index (Phi) is 6.29. The van der Waals surface area contributed by atoms with Gasteiger partial charge in [-0.15, -0.1) is 0 Å². The van der Waals surface area contributed by atoms with Crippen LogP contribution in [0.1, 0.15) is 21.5 Å². The molecule has 2 amide bonds. The van der Waals surface area contributed by atoms with E-state index in [0.717, 1.165) is 22.5 Å². The average Bonchev–Trinajstić information content (AvgIpc) is 2.68. The molecule has 0 aliphatic carbocycles. The number of anilines is 3. The number of halogens is 1. The van der Waals surface area contributed by atoms with Crippen molar-refractivity contribution < 1.29 is 9.59 Å². The van der Waals surface area contributed by atoms with Gasteiger partial charge in [0.1, 0.15) is 0 Å². The number of hydrogen-bond donors (Lipinski definition) is 3. The van der Waals surface area contributed by atoms with Crippen molar-refractivity contribution in [2.24, 2.45) is 0 Å². The fraction of sp³-hybridized carbons (Fsp3) is 0.0909. The van der Waals surface area contributed by atoms with E-state index in [-0.39, 0.29) is 5.91 Å². The second kappa shape index (κ2) is 9.06. The minimum Gasteiger partial charge on any atom is -0.381 e. The van der Waals surface area contributed by atoms with Crippen molar-refractivity contribution in [2.75, 3.05) is 16.0 Å². The van der Waals surface area contributed by atoms with Crippen LogP contribution in [0, 0.1) is 6.92 Å². The molecule has 0 spiro atoms. The van der Waals surface area contributed by atoms with Crippen LogP contribution in [0.2, 0.25) is 5.02 Å². The summed E-state index contributed by atoms with van der Waals surface area (Å²) < 4.78 is 0. The minimum atomic E-state index is -0.236. The van der Waals surface area contributed by atoms with Gasteiger partial charge in [-0.3, -0.25) is 9.59 Å². The molecule has 0 fully saturated rings. The third kappa shape index (κ3) is 5.11. The molecule has 0 aliphatic rings. The Hall–Kier alpha value is -3.31. The fourth-order valence-corrected chi connectivity index (χ4v) is 2.99. The van der Waals surface area contributed by atoms with E-state index in [2.05, 4.69) is 16.0 Å². The zero-order valence-corrected chi connectivity index (χ0v) is 16.1. The molecule has 0 bridgehead atoms. The molecule has 3 aromatic rings. The molecule has 28 heavy (non-hydrogen) atoms. The topological polar surface area (TPSA) is 70.2 Å². The first-order valence-corrected chi connectivity index (χ1v) is 9.13. The van der Waals surface area contributed by atoms with E-state index in [9.17, 15) is 9.59 Å². The summed E-state index contributed by atoms with van der Waals surface area (Å²) in [6.45, 7) is 2.56. The van der Waals surface area contributed by atoms with Crippen molar-refractivity contribution in [3.63, 3.8) is 0 Å². The first-order valence-electron chi connectivity index (χ1n) is 8.76. The van der Waals surface area contributed by atoms with Gasteiger partial charge in [-0.25, -0.2) is 0 Å². The Bertz CT molecular complexity index is 970. The van der Waals surface area contributed by atoms with Crippen LogP contribution >= 0.6 is 11.6 Å². The van der Waals surface area contributed by atoms with Gasteiger partial charge in [0.25, 0.3) is 5.91 Å². The first kappa shape index (κ1) is 19.5. The Labute approximate surface area is 168 Å². The van der Waals surface area contributed by atoms with Crippen LogP contribution in [0.3, 0.4) is 0 Å². The van der Waals surface area contributed by atoms with Gasteiger partial charge < -0.3 is 16.0 Å². The standard InChI is InChI=1S/C22H20ClN3O2/c1-15-2-11-20(21(23)12-15)22(28)26-19-5-3-16(4-6-19)13-24-17-7-9-18(10-8-17)25-14-27/h2-12,14,24H,13H2,1H3,(H,25,27)(H,26,28). The van der Waals surface area contributed by atoms with Crippen LogP contribution in [-0.2, 0) is 11.3 Å². The van der Waals surface area contributed by atoms with Gasteiger partial charge in [0, 0.05) is 23.6 Å². The third-order valence-electron chi connectivity index (χ3n) is 4.19. The van der Waals surface area contributed by atoms with Crippen molar-refractivity contribution in [1.29, 1.82) is 0 Å². The molecule has 3 aromatic carbocycles. The van der Waals surface area contributed by atoms with E-state index in [1.807, 2.05) is 61.5 Å². The number of amides is 2. The summed E-state index contributed by atoms with van der Waals surface area (Å²) in [6.07, 6.45) is 0.648. The van der Waals surface area contributed by atoms with Gasteiger partial charge in [0.05, 0.1) is 10.6 Å². The number of rotatable bonds is 7. The predicted octanol–water partition coefficient (Wildman–Crippen LogP) is 5.08. The van der Waals surface area contributed by atoms with E-state index in [0.29, 0.717) is 29.2 Å². The largest absolute Gasteiger partial charge is 0.381 e. The van der Waals surface area contributed by atoms with E-state index < -0.39 is 0 Å². The van der Waals surface area contributed by atoms with Crippen LogP contribution < -0.4 is 16.0 Å². The Morgan fingerprint density at radius 2 is 1.57 bits per heavy atom. The molecule has 6 heteroatoms. The van der Waals surface area contributed by atoms with Gasteiger partial charge in [-0.2, -0.15) is 0 Å². The molecule has 0 unspecified atom stereocenters. The maximum absolute atomic E-state index is 12.4. The van der Waals surface area contributed by atoms with E-state index in [4.69, 9.17) is 11.6 Å². The molecule has 0 aliphatic heterocycles. The van der Waals surface area contributed by atoms with Crippen LogP contribution in [0.15, 0.2) is 66.7 Å². The molecule has 3 N–H and O–H groups in total. The maximum Gasteiger partial charge on any atom is 0.257 e. The van der Waals surface area contributed by atoms with Crippen LogP contribution in [0.4, 0.5) is 17.1 Å². The molecule has 0 heterocycles. The Morgan fingerprint density at radius 1 is 0.929 bits per heavy atom. The SMILES string of the molecule is Cc1ccc(C(=O)Nc2ccc(CNc3ccc(NC=O)cc3)cc2)c(Cl)c1. The number of carbonyl (C=O) groups is 2. The Morgan fingerprint density at radius 3 is 2.21 bits per heavy atom. The molecule has 3 rings (SSSR count). The molecule has 0 aromatic heterocycles. The first-order chi connectivity index (χ1) is 13.5. The Balaban J connectivity index is 1.57. The summed E-state index contributed by atoms with van der Waals surface area (Å²) in [6, 6.07) is 20.4. The van der Waals surface area contributed by atoms with Gasteiger partial charge in [-0.05, 0) is 66.6 Å². The lowest BCUT2D eigenvalue weighted by Crippen LogP contribution is -2.12. The summed E-state index contributed by atoms with van der Waals surface area (Å²) in [5.41, 5.74) is 4.92. The number of aryl methyl sites for hydroxylation is 1. The van der Waals surface area contributed by atoms with E-state index in [1.165, 1.54) is 0 Å². The summed E-state index contributed by atoms with van der Waals surface area (Å²) >= 11 is 6.15. The van der Waals surface area contributed by atoms with Crippen molar-refractivity contribution in [3.8, 4) is 0 Å². The second-order valence-corrected chi connectivity index (χ2v) is 6.73. The lowest BCUT2D eigenvalue weighted by molar-refractivity contribution is -0.105. The van der Waals surface area contributed by atoms with Crippen molar-refractivity contribution in [2.45, 2.75) is 13.5 Å². The second-order valence-electron chi connectivity index (χ2n) is 6.33. The number of benzene rings is 3. The van der Waals surface area contributed by atoms with Gasteiger partial charge in [0.2, 0.25) is 6.41 Å². The van der Waals surface area contributed by atoms with E-state index in [1.54, 1.807) is 12.1 Å². The molecule has 5 nitrogen and oxygen atoms in total. The van der Waals surface area contributed by atoms with Crippen LogP contribution in [0.25, 0.3) is 0 Å². The molecule has 0 saturated heterocycles. The van der Waals surface area contributed by atoms with Crippen molar-refractivity contribution in [1.82, 2.24) is 0 Å². The molecule has 142 valence electrons. The smallest absolute Gasteiger partial charge is 0.257 e. The summed E-state index contributed by atoms with van der Waals surface area (Å²) in [5.74, 6) is -0.236. The van der Waals surface area contributed by atoms with Crippen molar-refractivity contribution >= 4 is 41.0 Å². The maximum atomic E-state index is 12.4. The average molecular weight is 394 g/mol. The van der Waals surface area contributed by atoms with Crippen LogP contribution in [0.5, 0.6) is 0 Å². The highest BCUT2D eigenvalue weighted by Crippen LogP contribution is 2.20. The number of carbonyl (C=O) groups excluding carboxylic acids is 2. The third-order valence-corrected chi connectivity index (χ3v) is 4.50. The van der Waals surface area contributed by atoms with Gasteiger partial charge >= 0.3 is 0 Å². The predicted molar refractivity (Wildman–Crippen MR) is 114 cm³/mol. The highest BCUT2D eigenvalue weighted by atomic mass is 35.5. The highest BCUT2D eigenvalue weighted by molar-refractivity contribution is 6.34. The summed E-state index contributed by atoms with van der Waals surface area (Å²) in [7, 11) is 0. The quantitative estimate of drug-likeness (QED) is 0.490. The number of nitrogens with one attached hydrogen (secondary N) is 3. The van der Waals surface area contributed by atoms with Crippen LogP contribution in [-0.4, -0.2) is 12.3 Å². The van der Waals surface area contributed by atoms with Crippen molar-refractivity contribution in [3.05, 3.63) is 88.4 Å². The molecular weight excluding hydrogens is 374 g/mol. The zero-order valence-electron chi connectivity index (χ0n) is 15.3. The fourth-order valence-electron chi connectivity index (χ4n) is 2.67. The lowest BCUT2D eigenvalue weighted by atomic mass is 10.1. The van der Waals surface area contributed by atoms with Gasteiger partial charge in [-0.1, -0.05) is 29.8 Å². The highest BCUT2D eigenvalue weighted by Gasteiger charge is 2.10. The molecule has 0 atom stereocenters. The lowest BCUT2D eigenvalue weighted by Gasteiger charge is -2.10. The molecule has 0 saturated carbocycles. The normalized spacial score (nSPS) is 10.2. The number of hydrogen-bond acceptors (Lipinski definition) is 3.